The molecule has 2 aromatic carbocycles. The van der Waals surface area contributed by atoms with Gasteiger partial charge < -0.3 is 16.0 Å². The van der Waals surface area contributed by atoms with Crippen LogP contribution in [0, 0.1) is 5.82 Å². The van der Waals surface area contributed by atoms with Crippen LogP contribution in [-0.2, 0) is 0 Å². The van der Waals surface area contributed by atoms with E-state index in [0.717, 1.165) is 24.5 Å². The smallest absolute Gasteiger partial charge is 0.143 e. The van der Waals surface area contributed by atoms with Crippen LogP contribution in [0.1, 0.15) is 13.8 Å². The first-order valence-corrected chi connectivity index (χ1v) is 7.29. The highest BCUT2D eigenvalue weighted by molar-refractivity contribution is 6.31. The molecule has 0 amide bonds. The topological polar surface area (TPSA) is 41.3 Å². The first-order chi connectivity index (χ1) is 10.0. The van der Waals surface area contributed by atoms with Crippen molar-refractivity contribution >= 4 is 34.4 Å². The highest BCUT2D eigenvalue weighted by atomic mass is 35.5. The van der Waals surface area contributed by atoms with Crippen LogP contribution in [0.4, 0.5) is 27.1 Å². The van der Waals surface area contributed by atoms with Crippen LogP contribution in [0.5, 0.6) is 0 Å². The Labute approximate surface area is 129 Å². The van der Waals surface area contributed by atoms with Gasteiger partial charge in [0.2, 0.25) is 0 Å². The first kappa shape index (κ1) is 15.4. The summed E-state index contributed by atoms with van der Waals surface area (Å²) in [5, 5.41) is 3.20. The van der Waals surface area contributed by atoms with Gasteiger partial charge in [0.25, 0.3) is 0 Å². The van der Waals surface area contributed by atoms with Crippen molar-refractivity contribution in [3.8, 4) is 0 Å². The summed E-state index contributed by atoms with van der Waals surface area (Å²) in [7, 11) is 0. The number of benzene rings is 2. The van der Waals surface area contributed by atoms with Crippen LogP contribution in [0.25, 0.3) is 0 Å². The molecule has 21 heavy (non-hydrogen) atoms. The van der Waals surface area contributed by atoms with Gasteiger partial charge in [0.05, 0.1) is 16.4 Å². The highest BCUT2D eigenvalue weighted by Gasteiger charge is 2.07. The fraction of sp³-hybridized carbons (Fsp3) is 0.250. The molecule has 0 heterocycles. The average molecular weight is 308 g/mol. The summed E-state index contributed by atoms with van der Waals surface area (Å²) in [4.78, 5) is 2.26. The van der Waals surface area contributed by atoms with Gasteiger partial charge in [-0.2, -0.15) is 0 Å². The fourth-order valence-electron chi connectivity index (χ4n) is 2.17. The summed E-state index contributed by atoms with van der Waals surface area (Å²) < 4.78 is 13.3. The van der Waals surface area contributed by atoms with Crippen molar-refractivity contribution in [1.29, 1.82) is 0 Å². The Balaban J connectivity index is 2.19. The molecule has 0 atom stereocenters. The van der Waals surface area contributed by atoms with Crippen molar-refractivity contribution in [1.82, 2.24) is 0 Å². The first-order valence-electron chi connectivity index (χ1n) is 6.91. The van der Waals surface area contributed by atoms with Crippen molar-refractivity contribution < 1.29 is 4.39 Å². The third kappa shape index (κ3) is 3.58. The van der Waals surface area contributed by atoms with E-state index in [-0.39, 0.29) is 5.02 Å². The van der Waals surface area contributed by atoms with Crippen LogP contribution < -0.4 is 16.0 Å². The van der Waals surface area contributed by atoms with E-state index in [9.17, 15) is 4.39 Å². The Morgan fingerprint density at radius 3 is 2.33 bits per heavy atom. The number of hydrogen-bond acceptors (Lipinski definition) is 3. The predicted octanol–water partition coefficient (Wildman–Crippen LogP) is 4.65. The Morgan fingerprint density at radius 1 is 1.14 bits per heavy atom. The molecule has 0 spiro atoms. The van der Waals surface area contributed by atoms with Crippen molar-refractivity contribution in [2.75, 3.05) is 29.0 Å². The number of nitrogens with two attached hydrogens (primary N) is 1. The largest absolute Gasteiger partial charge is 0.397 e. The molecule has 0 radical (unpaired) electrons. The molecule has 0 unspecified atom stereocenters. The third-order valence-corrected chi connectivity index (χ3v) is 3.66. The van der Waals surface area contributed by atoms with Gasteiger partial charge in [-0.25, -0.2) is 4.39 Å². The molecule has 112 valence electrons. The Kier molecular flexibility index (Phi) is 4.91. The summed E-state index contributed by atoms with van der Waals surface area (Å²) in [6.45, 7) is 6.17. The molecule has 5 heteroatoms. The zero-order valence-corrected chi connectivity index (χ0v) is 12.9. The minimum Gasteiger partial charge on any atom is -0.397 e. The summed E-state index contributed by atoms with van der Waals surface area (Å²) in [6, 6.07) is 10.7. The number of hydrogen-bond donors (Lipinski definition) is 2. The lowest BCUT2D eigenvalue weighted by molar-refractivity contribution is 0.629. The molecule has 2 rings (SSSR count). The van der Waals surface area contributed by atoms with E-state index in [1.54, 1.807) is 0 Å². The van der Waals surface area contributed by atoms with Gasteiger partial charge in [0.15, 0.2) is 0 Å². The van der Waals surface area contributed by atoms with Gasteiger partial charge in [-0.1, -0.05) is 11.6 Å². The minimum absolute atomic E-state index is 0.0476. The van der Waals surface area contributed by atoms with E-state index in [2.05, 4.69) is 24.1 Å². The van der Waals surface area contributed by atoms with E-state index in [1.807, 2.05) is 24.3 Å². The van der Waals surface area contributed by atoms with Crippen LogP contribution in [-0.4, -0.2) is 13.1 Å². The average Bonchev–Trinajstić information content (AvgIpc) is 2.48. The van der Waals surface area contributed by atoms with Crippen LogP contribution in [0.2, 0.25) is 5.02 Å². The maximum Gasteiger partial charge on any atom is 0.143 e. The van der Waals surface area contributed by atoms with E-state index < -0.39 is 5.82 Å². The van der Waals surface area contributed by atoms with E-state index >= 15 is 0 Å². The zero-order chi connectivity index (χ0) is 15.4. The molecule has 0 bridgehead atoms. The maximum atomic E-state index is 13.3. The summed E-state index contributed by atoms with van der Waals surface area (Å²) >= 11 is 5.78. The number of halogens is 2. The molecule has 0 saturated heterocycles. The second kappa shape index (κ2) is 6.68. The molecule has 3 nitrogen and oxygen atoms in total. The van der Waals surface area contributed by atoms with Gasteiger partial charge >= 0.3 is 0 Å². The molecule has 0 aliphatic carbocycles. The van der Waals surface area contributed by atoms with Gasteiger partial charge in [0, 0.05) is 30.5 Å². The molecule has 0 fully saturated rings. The molecule has 0 aliphatic rings. The number of rotatable bonds is 5. The van der Waals surface area contributed by atoms with E-state index in [0.29, 0.717) is 11.4 Å². The standard InChI is InChI=1S/C16H19ClFN3/c1-3-21(4-2)12-7-5-11(6-8-12)20-16-9-13(17)14(18)10-15(16)19/h5-10,20H,3-4,19H2,1-2H3. The summed E-state index contributed by atoms with van der Waals surface area (Å²) in [5.74, 6) is -0.517. The fourth-order valence-corrected chi connectivity index (χ4v) is 2.33. The Hall–Kier alpha value is -1.94. The Morgan fingerprint density at radius 2 is 1.76 bits per heavy atom. The number of nitrogens with zero attached hydrogens (tertiary/aromatic N) is 1. The molecule has 3 N–H and O–H groups in total. The second-order valence-corrected chi connectivity index (χ2v) is 5.10. The predicted molar refractivity (Wildman–Crippen MR) is 89.1 cm³/mol. The lowest BCUT2D eigenvalue weighted by Gasteiger charge is -2.21. The van der Waals surface area contributed by atoms with Gasteiger partial charge in [-0.3, -0.25) is 0 Å². The molecule has 0 aromatic heterocycles. The van der Waals surface area contributed by atoms with E-state index in [4.69, 9.17) is 17.3 Å². The van der Waals surface area contributed by atoms with Crippen LogP contribution in [0.3, 0.4) is 0 Å². The number of nitrogen functional groups attached to an aromatic ring is 1. The van der Waals surface area contributed by atoms with E-state index in [1.165, 1.54) is 12.1 Å². The second-order valence-electron chi connectivity index (χ2n) is 4.70. The van der Waals surface area contributed by atoms with Gasteiger partial charge in [-0.15, -0.1) is 0 Å². The SMILES string of the molecule is CCN(CC)c1ccc(Nc2cc(Cl)c(F)cc2N)cc1. The van der Waals surface area contributed by atoms with Crippen molar-refractivity contribution in [3.05, 3.63) is 47.2 Å². The Bertz CT molecular complexity index is 610. The van der Waals surface area contributed by atoms with Crippen molar-refractivity contribution in [3.63, 3.8) is 0 Å². The molecule has 0 saturated carbocycles. The van der Waals surface area contributed by atoms with Crippen molar-refractivity contribution in [2.24, 2.45) is 0 Å². The summed E-state index contributed by atoms with van der Waals surface area (Å²) in [6.07, 6.45) is 0. The molecular weight excluding hydrogens is 289 g/mol. The normalized spacial score (nSPS) is 10.5. The van der Waals surface area contributed by atoms with Crippen LogP contribution >= 0.6 is 11.6 Å². The molecule has 2 aromatic rings. The lowest BCUT2D eigenvalue weighted by Crippen LogP contribution is -2.21. The minimum atomic E-state index is -0.517. The zero-order valence-electron chi connectivity index (χ0n) is 12.2. The van der Waals surface area contributed by atoms with Gasteiger partial charge in [0.1, 0.15) is 5.82 Å². The molecule has 0 aliphatic heterocycles. The maximum absolute atomic E-state index is 13.3. The number of nitrogens with one attached hydrogen (secondary N) is 1. The third-order valence-electron chi connectivity index (χ3n) is 3.37. The lowest BCUT2D eigenvalue weighted by atomic mass is 10.2. The van der Waals surface area contributed by atoms with Crippen molar-refractivity contribution in [2.45, 2.75) is 13.8 Å². The van der Waals surface area contributed by atoms with Crippen LogP contribution in [0.15, 0.2) is 36.4 Å². The number of anilines is 4. The summed E-state index contributed by atoms with van der Waals surface area (Å²) in [5.41, 5.74) is 8.75. The molecular formula is C16H19ClFN3. The monoisotopic (exact) mass is 307 g/mol. The highest BCUT2D eigenvalue weighted by Crippen LogP contribution is 2.29. The quantitative estimate of drug-likeness (QED) is 0.790. The van der Waals surface area contributed by atoms with Gasteiger partial charge in [-0.05, 0) is 44.2 Å².